The molecule has 1 aromatic rings. The molecule has 0 heterocycles. The molecule has 0 bridgehead atoms. The second-order valence-electron chi connectivity index (χ2n) is 4.87. The predicted octanol–water partition coefficient (Wildman–Crippen LogP) is 3.81. The van der Waals surface area contributed by atoms with Crippen LogP contribution < -0.4 is 0 Å². The van der Waals surface area contributed by atoms with E-state index in [1.807, 2.05) is 25.1 Å². The van der Waals surface area contributed by atoms with E-state index in [-0.39, 0.29) is 12.1 Å². The molecule has 2 rings (SSSR count). The SMILES string of the molecule is C[C@@H](OC(=O)c1ccccc1)C1CCCCC1. The molecule has 0 aliphatic heterocycles. The van der Waals surface area contributed by atoms with Crippen LogP contribution in [0.3, 0.4) is 0 Å². The molecule has 2 heteroatoms. The van der Waals surface area contributed by atoms with Crippen LogP contribution in [-0.2, 0) is 4.74 Å². The van der Waals surface area contributed by atoms with Crippen LogP contribution in [0, 0.1) is 5.92 Å². The van der Waals surface area contributed by atoms with Gasteiger partial charge in [-0.3, -0.25) is 0 Å². The third-order valence-corrected chi connectivity index (χ3v) is 3.62. The normalized spacial score (nSPS) is 18.6. The quantitative estimate of drug-likeness (QED) is 0.741. The van der Waals surface area contributed by atoms with Gasteiger partial charge in [-0.1, -0.05) is 37.5 Å². The van der Waals surface area contributed by atoms with E-state index in [4.69, 9.17) is 4.74 Å². The van der Waals surface area contributed by atoms with Gasteiger partial charge in [0.25, 0.3) is 0 Å². The van der Waals surface area contributed by atoms with E-state index in [2.05, 4.69) is 0 Å². The molecule has 0 spiro atoms. The lowest BCUT2D eigenvalue weighted by atomic mass is 9.86. The molecule has 0 amide bonds. The number of hydrogen-bond donors (Lipinski definition) is 0. The van der Waals surface area contributed by atoms with Gasteiger partial charge in [0, 0.05) is 0 Å². The van der Waals surface area contributed by atoms with Gasteiger partial charge in [-0.25, -0.2) is 4.79 Å². The summed E-state index contributed by atoms with van der Waals surface area (Å²) in [5, 5.41) is 0. The van der Waals surface area contributed by atoms with Gasteiger partial charge in [0.15, 0.2) is 0 Å². The topological polar surface area (TPSA) is 26.3 Å². The lowest BCUT2D eigenvalue weighted by Crippen LogP contribution is -2.25. The Hall–Kier alpha value is -1.31. The summed E-state index contributed by atoms with van der Waals surface area (Å²) in [6.45, 7) is 2.02. The third kappa shape index (κ3) is 3.32. The second kappa shape index (κ2) is 5.85. The fraction of sp³-hybridized carbons (Fsp3) is 0.533. The molecule has 0 unspecified atom stereocenters. The molecule has 0 aromatic heterocycles. The summed E-state index contributed by atoms with van der Waals surface area (Å²) in [5.41, 5.74) is 0.648. The van der Waals surface area contributed by atoms with Crippen LogP contribution in [0.4, 0.5) is 0 Å². The molecule has 1 fully saturated rings. The van der Waals surface area contributed by atoms with Crippen LogP contribution in [0.15, 0.2) is 30.3 Å². The highest BCUT2D eigenvalue weighted by atomic mass is 16.5. The van der Waals surface area contributed by atoms with Crippen molar-refractivity contribution in [2.24, 2.45) is 5.92 Å². The van der Waals surface area contributed by atoms with Crippen LogP contribution in [-0.4, -0.2) is 12.1 Å². The largest absolute Gasteiger partial charge is 0.459 e. The Balaban J connectivity index is 1.89. The summed E-state index contributed by atoms with van der Waals surface area (Å²) in [7, 11) is 0. The number of hydrogen-bond acceptors (Lipinski definition) is 2. The van der Waals surface area contributed by atoms with Gasteiger partial charge in [0.1, 0.15) is 6.10 Å². The summed E-state index contributed by atoms with van der Waals surface area (Å²) in [6.07, 6.45) is 6.32. The molecule has 1 aliphatic carbocycles. The van der Waals surface area contributed by atoms with Gasteiger partial charge >= 0.3 is 5.97 Å². The Morgan fingerprint density at radius 1 is 1.18 bits per heavy atom. The smallest absolute Gasteiger partial charge is 0.338 e. The monoisotopic (exact) mass is 232 g/mol. The summed E-state index contributed by atoms with van der Waals surface area (Å²) in [6, 6.07) is 9.23. The van der Waals surface area contributed by atoms with Gasteiger partial charge in [-0.05, 0) is 37.8 Å². The van der Waals surface area contributed by atoms with E-state index >= 15 is 0 Å². The molecular formula is C15H20O2. The van der Waals surface area contributed by atoms with E-state index in [1.54, 1.807) is 12.1 Å². The standard InChI is InChI=1S/C15H20O2/c1-12(13-8-4-2-5-9-13)17-15(16)14-10-6-3-7-11-14/h3,6-7,10-13H,2,4-5,8-9H2,1H3/t12-/m1/s1. The molecule has 0 saturated heterocycles. The van der Waals surface area contributed by atoms with Gasteiger partial charge in [-0.15, -0.1) is 0 Å². The lowest BCUT2D eigenvalue weighted by Gasteiger charge is -2.27. The molecule has 1 atom stereocenters. The maximum Gasteiger partial charge on any atom is 0.338 e. The average molecular weight is 232 g/mol. The van der Waals surface area contributed by atoms with E-state index < -0.39 is 0 Å². The van der Waals surface area contributed by atoms with Crippen LogP contribution in [0.1, 0.15) is 49.4 Å². The molecule has 0 radical (unpaired) electrons. The zero-order valence-electron chi connectivity index (χ0n) is 10.4. The second-order valence-corrected chi connectivity index (χ2v) is 4.87. The number of ether oxygens (including phenoxy) is 1. The number of esters is 1. The van der Waals surface area contributed by atoms with Crippen molar-refractivity contribution in [3.63, 3.8) is 0 Å². The maximum atomic E-state index is 11.9. The zero-order valence-corrected chi connectivity index (χ0v) is 10.4. The van der Waals surface area contributed by atoms with Crippen LogP contribution >= 0.6 is 0 Å². The van der Waals surface area contributed by atoms with Crippen molar-refractivity contribution in [2.75, 3.05) is 0 Å². The Labute approximate surface area is 103 Å². The van der Waals surface area contributed by atoms with Crippen molar-refractivity contribution in [1.29, 1.82) is 0 Å². The van der Waals surface area contributed by atoms with E-state index in [1.165, 1.54) is 32.1 Å². The first kappa shape index (κ1) is 12.2. The van der Waals surface area contributed by atoms with Crippen LogP contribution in [0.25, 0.3) is 0 Å². The van der Waals surface area contributed by atoms with Crippen molar-refractivity contribution in [3.8, 4) is 0 Å². The number of carbonyl (C=O) groups excluding carboxylic acids is 1. The minimum atomic E-state index is -0.191. The summed E-state index contributed by atoms with van der Waals surface area (Å²) < 4.78 is 5.54. The van der Waals surface area contributed by atoms with E-state index in [9.17, 15) is 4.79 Å². The molecule has 1 aliphatic rings. The average Bonchev–Trinajstić information content (AvgIpc) is 2.40. The Bertz CT molecular complexity index is 352. The first-order valence-corrected chi connectivity index (χ1v) is 6.53. The minimum Gasteiger partial charge on any atom is -0.459 e. The number of benzene rings is 1. The molecule has 17 heavy (non-hydrogen) atoms. The molecule has 1 aromatic carbocycles. The summed E-state index contributed by atoms with van der Waals surface area (Å²) in [4.78, 5) is 11.9. The number of carbonyl (C=O) groups is 1. The van der Waals surface area contributed by atoms with Crippen molar-refractivity contribution in [2.45, 2.75) is 45.1 Å². The van der Waals surface area contributed by atoms with Crippen molar-refractivity contribution in [3.05, 3.63) is 35.9 Å². The summed E-state index contributed by atoms with van der Waals surface area (Å²) in [5.74, 6) is 0.361. The molecule has 0 N–H and O–H groups in total. The summed E-state index contributed by atoms with van der Waals surface area (Å²) >= 11 is 0. The highest BCUT2D eigenvalue weighted by molar-refractivity contribution is 5.89. The molecule has 2 nitrogen and oxygen atoms in total. The first-order chi connectivity index (χ1) is 8.27. The van der Waals surface area contributed by atoms with Crippen molar-refractivity contribution in [1.82, 2.24) is 0 Å². The highest BCUT2D eigenvalue weighted by Crippen LogP contribution is 2.28. The molecule has 92 valence electrons. The first-order valence-electron chi connectivity index (χ1n) is 6.53. The number of rotatable bonds is 3. The minimum absolute atomic E-state index is 0.0445. The van der Waals surface area contributed by atoms with Gasteiger partial charge in [-0.2, -0.15) is 0 Å². The van der Waals surface area contributed by atoms with Crippen LogP contribution in [0.5, 0.6) is 0 Å². The highest BCUT2D eigenvalue weighted by Gasteiger charge is 2.23. The Morgan fingerprint density at radius 2 is 1.82 bits per heavy atom. The van der Waals surface area contributed by atoms with Gasteiger partial charge in [0.2, 0.25) is 0 Å². The van der Waals surface area contributed by atoms with Crippen LogP contribution in [0.2, 0.25) is 0 Å². The van der Waals surface area contributed by atoms with Gasteiger partial charge in [0.05, 0.1) is 5.56 Å². The Morgan fingerprint density at radius 3 is 2.47 bits per heavy atom. The fourth-order valence-corrected chi connectivity index (χ4v) is 2.51. The fourth-order valence-electron chi connectivity index (χ4n) is 2.51. The lowest BCUT2D eigenvalue weighted by molar-refractivity contribution is 0.0141. The van der Waals surface area contributed by atoms with Gasteiger partial charge < -0.3 is 4.74 Å². The maximum absolute atomic E-state index is 11.9. The Kier molecular flexibility index (Phi) is 4.18. The van der Waals surface area contributed by atoms with E-state index in [0.29, 0.717) is 11.5 Å². The zero-order chi connectivity index (χ0) is 12.1. The predicted molar refractivity (Wildman–Crippen MR) is 67.9 cm³/mol. The third-order valence-electron chi connectivity index (χ3n) is 3.62. The molecule has 1 saturated carbocycles. The van der Waals surface area contributed by atoms with Crippen molar-refractivity contribution >= 4 is 5.97 Å². The van der Waals surface area contributed by atoms with E-state index in [0.717, 1.165) is 0 Å². The van der Waals surface area contributed by atoms with Crippen molar-refractivity contribution < 1.29 is 9.53 Å². The molecular weight excluding hydrogens is 212 g/mol.